The minimum Gasteiger partial charge on any atom is -0.280 e. The van der Waals surface area contributed by atoms with Crippen LogP contribution in [0.15, 0.2) is 41.2 Å². The van der Waals surface area contributed by atoms with Crippen molar-refractivity contribution in [2.24, 2.45) is 0 Å². The molecule has 4 heteroatoms. The summed E-state index contributed by atoms with van der Waals surface area (Å²) in [6, 6.07) is 12.8. The Bertz CT molecular complexity index is 669. The van der Waals surface area contributed by atoms with Crippen LogP contribution in [-0.2, 0) is 6.42 Å². The first kappa shape index (κ1) is 12.4. The Kier molecular flexibility index (Phi) is 3.50. The lowest BCUT2D eigenvalue weighted by molar-refractivity contribution is 0.872. The number of benzene rings is 1. The summed E-state index contributed by atoms with van der Waals surface area (Å²) in [5.41, 5.74) is 1.15. The summed E-state index contributed by atoms with van der Waals surface area (Å²) in [5, 5.41) is 9.20. The van der Waals surface area contributed by atoms with E-state index in [0.717, 1.165) is 11.4 Å². The normalized spacial score (nSPS) is 10.1. The van der Waals surface area contributed by atoms with Crippen molar-refractivity contribution in [1.29, 1.82) is 5.26 Å². The van der Waals surface area contributed by atoms with E-state index in [2.05, 4.69) is 0 Å². The van der Waals surface area contributed by atoms with Gasteiger partial charge in [-0.25, -0.2) is 0 Å². The van der Waals surface area contributed by atoms with Gasteiger partial charge in [0, 0.05) is 11.4 Å². The summed E-state index contributed by atoms with van der Waals surface area (Å²) in [4.78, 5) is 12.3. The molecule has 1 aromatic heterocycles. The molecule has 2 aromatic rings. The Balaban J connectivity index is 2.82. The Labute approximate surface area is 110 Å². The van der Waals surface area contributed by atoms with Crippen LogP contribution in [0.3, 0.4) is 0 Å². The molecule has 18 heavy (non-hydrogen) atoms. The molecule has 0 aliphatic heterocycles. The highest BCUT2D eigenvalue weighted by Crippen LogP contribution is 2.17. The first-order chi connectivity index (χ1) is 8.69. The second-order valence-electron chi connectivity index (χ2n) is 3.80. The molecule has 0 fully saturated rings. The van der Waals surface area contributed by atoms with Gasteiger partial charge in [-0.3, -0.25) is 9.36 Å². The van der Waals surface area contributed by atoms with Crippen LogP contribution in [0, 0.1) is 11.3 Å². The number of rotatable bonds is 2. The highest BCUT2D eigenvalue weighted by Gasteiger charge is 2.13. The number of aryl methyl sites for hydroxylation is 1. The zero-order chi connectivity index (χ0) is 13.1. The fourth-order valence-electron chi connectivity index (χ4n) is 1.85. The van der Waals surface area contributed by atoms with E-state index in [1.807, 2.05) is 43.3 Å². The third-order valence-corrected chi connectivity index (χ3v) is 3.02. The average molecular weight is 259 g/mol. The lowest BCUT2D eigenvalue weighted by Gasteiger charge is -2.12. The maximum absolute atomic E-state index is 12.3. The topological polar surface area (TPSA) is 45.8 Å². The third kappa shape index (κ3) is 2.03. The molecule has 0 aliphatic rings. The van der Waals surface area contributed by atoms with Crippen molar-refractivity contribution >= 4 is 11.6 Å². The standard InChI is InChI=1S/C14H11ClN2O/c1-2-10-8-13(15)12(9-16)14(18)17(10)11-6-4-3-5-7-11/h3-8H,2H2,1H3. The molecule has 2 rings (SSSR count). The van der Waals surface area contributed by atoms with E-state index in [-0.39, 0.29) is 16.1 Å². The number of nitriles is 1. The van der Waals surface area contributed by atoms with Gasteiger partial charge in [0.15, 0.2) is 0 Å². The van der Waals surface area contributed by atoms with Gasteiger partial charge >= 0.3 is 0 Å². The van der Waals surface area contributed by atoms with Crippen LogP contribution in [0.1, 0.15) is 18.2 Å². The lowest BCUT2D eigenvalue weighted by Crippen LogP contribution is -2.24. The average Bonchev–Trinajstić information content (AvgIpc) is 2.39. The number of para-hydroxylation sites is 1. The smallest absolute Gasteiger partial charge is 0.274 e. The van der Waals surface area contributed by atoms with Gasteiger partial charge in [0.1, 0.15) is 11.6 Å². The Morgan fingerprint density at radius 2 is 2.00 bits per heavy atom. The molecular weight excluding hydrogens is 248 g/mol. The minimum atomic E-state index is -0.368. The van der Waals surface area contributed by atoms with Crippen molar-refractivity contribution in [1.82, 2.24) is 4.57 Å². The molecule has 0 bridgehead atoms. The summed E-state index contributed by atoms with van der Waals surface area (Å²) in [5.74, 6) is 0. The first-order valence-corrected chi connectivity index (χ1v) is 5.96. The lowest BCUT2D eigenvalue weighted by atomic mass is 10.2. The number of pyridine rings is 1. The van der Waals surface area contributed by atoms with Crippen molar-refractivity contribution in [2.75, 3.05) is 0 Å². The summed E-state index contributed by atoms with van der Waals surface area (Å²) in [6.07, 6.45) is 0.662. The summed E-state index contributed by atoms with van der Waals surface area (Å²) in [7, 11) is 0. The van der Waals surface area contributed by atoms with Crippen LogP contribution in [-0.4, -0.2) is 4.57 Å². The summed E-state index contributed by atoms with van der Waals surface area (Å²) < 4.78 is 1.53. The predicted molar refractivity (Wildman–Crippen MR) is 71.1 cm³/mol. The molecule has 0 atom stereocenters. The molecule has 0 spiro atoms. The minimum absolute atomic E-state index is 0.0160. The van der Waals surface area contributed by atoms with Crippen LogP contribution in [0.25, 0.3) is 5.69 Å². The fourth-order valence-corrected chi connectivity index (χ4v) is 2.10. The molecule has 0 unspecified atom stereocenters. The zero-order valence-corrected chi connectivity index (χ0v) is 10.6. The molecule has 0 aliphatic carbocycles. The molecule has 0 amide bonds. The molecule has 3 nitrogen and oxygen atoms in total. The van der Waals surface area contributed by atoms with E-state index >= 15 is 0 Å². The van der Waals surface area contributed by atoms with Gasteiger partial charge < -0.3 is 0 Å². The molecule has 0 saturated carbocycles. The Morgan fingerprint density at radius 1 is 1.33 bits per heavy atom. The second kappa shape index (κ2) is 5.07. The first-order valence-electron chi connectivity index (χ1n) is 5.59. The van der Waals surface area contributed by atoms with Crippen LogP contribution in [0.5, 0.6) is 0 Å². The maximum atomic E-state index is 12.3. The number of hydrogen-bond donors (Lipinski definition) is 0. The van der Waals surface area contributed by atoms with Crippen molar-refractivity contribution in [3.63, 3.8) is 0 Å². The fraction of sp³-hybridized carbons (Fsp3) is 0.143. The van der Waals surface area contributed by atoms with Crippen LogP contribution in [0.2, 0.25) is 5.02 Å². The number of nitrogens with zero attached hydrogens (tertiary/aromatic N) is 2. The molecule has 90 valence electrons. The van der Waals surface area contributed by atoms with Crippen molar-refractivity contribution in [3.05, 3.63) is 63.0 Å². The van der Waals surface area contributed by atoms with Crippen molar-refractivity contribution in [2.45, 2.75) is 13.3 Å². The largest absolute Gasteiger partial charge is 0.280 e. The van der Waals surface area contributed by atoms with Crippen LogP contribution >= 0.6 is 11.6 Å². The quantitative estimate of drug-likeness (QED) is 0.831. The van der Waals surface area contributed by atoms with E-state index in [9.17, 15) is 4.79 Å². The Hall–Kier alpha value is -2.05. The van der Waals surface area contributed by atoms with Gasteiger partial charge in [-0.2, -0.15) is 5.26 Å². The van der Waals surface area contributed by atoms with Gasteiger partial charge in [-0.15, -0.1) is 0 Å². The van der Waals surface area contributed by atoms with E-state index in [0.29, 0.717) is 6.42 Å². The molecule has 0 saturated heterocycles. The monoisotopic (exact) mass is 258 g/mol. The maximum Gasteiger partial charge on any atom is 0.274 e. The SMILES string of the molecule is CCc1cc(Cl)c(C#N)c(=O)n1-c1ccccc1. The van der Waals surface area contributed by atoms with Gasteiger partial charge in [-0.1, -0.05) is 36.7 Å². The zero-order valence-electron chi connectivity index (χ0n) is 9.85. The van der Waals surface area contributed by atoms with E-state index in [4.69, 9.17) is 16.9 Å². The van der Waals surface area contributed by atoms with Crippen LogP contribution in [0.4, 0.5) is 0 Å². The second-order valence-corrected chi connectivity index (χ2v) is 4.21. The molecule has 1 heterocycles. The van der Waals surface area contributed by atoms with Crippen molar-refractivity contribution in [3.8, 4) is 11.8 Å². The van der Waals surface area contributed by atoms with E-state index < -0.39 is 0 Å². The van der Waals surface area contributed by atoms with Gasteiger partial charge in [0.2, 0.25) is 0 Å². The highest BCUT2D eigenvalue weighted by molar-refractivity contribution is 6.31. The van der Waals surface area contributed by atoms with E-state index in [1.54, 1.807) is 6.07 Å². The number of aromatic nitrogens is 1. The molecule has 0 radical (unpaired) electrons. The number of hydrogen-bond acceptors (Lipinski definition) is 2. The molecule has 0 N–H and O–H groups in total. The Morgan fingerprint density at radius 3 is 2.56 bits per heavy atom. The van der Waals surface area contributed by atoms with Crippen molar-refractivity contribution < 1.29 is 0 Å². The van der Waals surface area contributed by atoms with Gasteiger partial charge in [0.25, 0.3) is 5.56 Å². The van der Waals surface area contributed by atoms with Gasteiger partial charge in [-0.05, 0) is 24.6 Å². The highest BCUT2D eigenvalue weighted by atomic mass is 35.5. The number of halogens is 1. The molecule has 1 aromatic carbocycles. The predicted octanol–water partition coefficient (Wildman–Crippen LogP) is 2.92. The summed E-state index contributed by atoms with van der Waals surface area (Å²) in [6.45, 7) is 1.94. The third-order valence-electron chi connectivity index (χ3n) is 2.72. The van der Waals surface area contributed by atoms with E-state index in [1.165, 1.54) is 4.57 Å². The van der Waals surface area contributed by atoms with Gasteiger partial charge in [0.05, 0.1) is 5.02 Å². The van der Waals surface area contributed by atoms with Crippen LogP contribution < -0.4 is 5.56 Å². The summed E-state index contributed by atoms with van der Waals surface area (Å²) >= 11 is 5.94. The molecular formula is C14H11ClN2O.